The topological polar surface area (TPSA) is 49.2 Å². The van der Waals surface area contributed by atoms with Gasteiger partial charge in [-0.25, -0.2) is 4.79 Å². The van der Waals surface area contributed by atoms with E-state index in [-0.39, 0.29) is 5.76 Å². The second kappa shape index (κ2) is 4.33. The van der Waals surface area contributed by atoms with Crippen molar-refractivity contribution in [1.29, 1.82) is 0 Å². The summed E-state index contributed by atoms with van der Waals surface area (Å²) in [6, 6.07) is 0.593. The molecule has 1 aromatic heterocycles. The van der Waals surface area contributed by atoms with E-state index in [1.807, 2.05) is 0 Å². The summed E-state index contributed by atoms with van der Waals surface area (Å²) in [5.74, 6) is 1.32. The fraction of sp³-hybridized carbons (Fsp3) is 0.769. The molecule has 2 aliphatic rings. The van der Waals surface area contributed by atoms with Crippen molar-refractivity contribution in [2.24, 2.45) is 5.92 Å². The third-order valence-electron chi connectivity index (χ3n) is 4.21. The minimum atomic E-state index is -0.282. The van der Waals surface area contributed by atoms with Gasteiger partial charge in [0.05, 0.1) is 5.69 Å². The van der Waals surface area contributed by atoms with Crippen molar-refractivity contribution >= 4 is 0 Å². The second-order valence-electron chi connectivity index (χ2n) is 5.33. The summed E-state index contributed by atoms with van der Waals surface area (Å²) < 4.78 is 5.24. The zero-order chi connectivity index (χ0) is 11.8. The average Bonchev–Trinajstić information content (AvgIpc) is 2.66. The smallest absolute Gasteiger partial charge is 0.413 e. The van der Waals surface area contributed by atoms with Crippen molar-refractivity contribution in [3.8, 4) is 0 Å². The summed E-state index contributed by atoms with van der Waals surface area (Å²) in [5.41, 5.74) is 1.05. The van der Waals surface area contributed by atoms with Gasteiger partial charge in [-0.05, 0) is 44.7 Å². The predicted molar refractivity (Wildman–Crippen MR) is 65.1 cm³/mol. The highest BCUT2D eigenvalue weighted by Crippen LogP contribution is 2.33. The van der Waals surface area contributed by atoms with E-state index in [0.29, 0.717) is 12.0 Å². The van der Waals surface area contributed by atoms with Gasteiger partial charge in [0.25, 0.3) is 0 Å². The molecule has 0 aromatic carbocycles. The first-order valence-electron chi connectivity index (χ1n) is 6.73. The van der Waals surface area contributed by atoms with Gasteiger partial charge in [0.1, 0.15) is 5.76 Å². The van der Waals surface area contributed by atoms with E-state index < -0.39 is 0 Å². The molecule has 0 radical (unpaired) electrons. The number of fused-ring (bicyclic) bond motifs is 2. The Morgan fingerprint density at radius 2 is 2.35 bits per heavy atom. The van der Waals surface area contributed by atoms with Gasteiger partial charge in [-0.2, -0.15) is 0 Å². The molecule has 1 aliphatic carbocycles. The maximum Gasteiger partial charge on any atom is 0.416 e. The molecule has 0 amide bonds. The highest BCUT2D eigenvalue weighted by atomic mass is 16.4. The number of aromatic nitrogens is 1. The first-order valence-corrected chi connectivity index (χ1v) is 6.73. The molecular formula is C13H20N2O2. The van der Waals surface area contributed by atoms with E-state index in [9.17, 15) is 4.79 Å². The number of hydrogen-bond acceptors (Lipinski definition) is 3. The number of likely N-dealkylation sites (tertiary alicyclic amines) is 1. The number of hydrogen-bond donors (Lipinski definition) is 1. The van der Waals surface area contributed by atoms with Crippen molar-refractivity contribution in [2.75, 3.05) is 13.1 Å². The van der Waals surface area contributed by atoms with Gasteiger partial charge in [-0.15, -0.1) is 0 Å². The highest BCUT2D eigenvalue weighted by molar-refractivity contribution is 5.16. The largest absolute Gasteiger partial charge is 0.416 e. The van der Waals surface area contributed by atoms with Crippen molar-refractivity contribution in [2.45, 2.75) is 45.1 Å². The van der Waals surface area contributed by atoms with Gasteiger partial charge in [0.2, 0.25) is 0 Å². The molecule has 1 aromatic rings. The number of aromatic amines is 1. The van der Waals surface area contributed by atoms with Crippen LogP contribution in [0.2, 0.25) is 0 Å². The lowest BCUT2D eigenvalue weighted by Crippen LogP contribution is -2.49. The lowest BCUT2D eigenvalue weighted by molar-refractivity contribution is 0.0796. The second-order valence-corrected chi connectivity index (χ2v) is 5.33. The molecule has 94 valence electrons. The molecule has 2 unspecified atom stereocenters. The van der Waals surface area contributed by atoms with Crippen LogP contribution in [0.3, 0.4) is 0 Å². The third kappa shape index (κ3) is 1.95. The minimum absolute atomic E-state index is 0.282. The van der Waals surface area contributed by atoms with Crippen LogP contribution >= 0.6 is 0 Å². The van der Waals surface area contributed by atoms with E-state index in [1.54, 1.807) is 0 Å². The Bertz CT molecular complexity index is 447. The molecule has 3 rings (SSSR count). The molecule has 4 nitrogen and oxygen atoms in total. The molecule has 1 fully saturated rings. The molecule has 0 saturated carbocycles. The molecule has 17 heavy (non-hydrogen) atoms. The van der Waals surface area contributed by atoms with Crippen molar-refractivity contribution in [3.05, 3.63) is 22.0 Å². The molecule has 2 atom stereocenters. The maximum atomic E-state index is 11.2. The van der Waals surface area contributed by atoms with Crippen LogP contribution in [0.25, 0.3) is 0 Å². The molecule has 1 N–H and O–H groups in total. The number of rotatable bonds is 2. The average molecular weight is 236 g/mol. The molecule has 1 aliphatic heterocycles. The van der Waals surface area contributed by atoms with E-state index in [0.717, 1.165) is 24.3 Å². The molecular weight excluding hydrogens is 216 g/mol. The first kappa shape index (κ1) is 11.1. The Morgan fingerprint density at radius 3 is 3.18 bits per heavy atom. The normalized spacial score (nSPS) is 28.8. The van der Waals surface area contributed by atoms with Crippen LogP contribution < -0.4 is 5.76 Å². The van der Waals surface area contributed by atoms with Crippen molar-refractivity contribution in [1.82, 2.24) is 9.88 Å². The summed E-state index contributed by atoms with van der Waals surface area (Å²) in [5, 5.41) is 0. The molecule has 4 heteroatoms. The van der Waals surface area contributed by atoms with Crippen LogP contribution in [-0.4, -0.2) is 29.0 Å². The Hall–Kier alpha value is -1.03. The van der Waals surface area contributed by atoms with Gasteiger partial charge in [0, 0.05) is 12.5 Å². The van der Waals surface area contributed by atoms with E-state index in [1.165, 1.54) is 32.4 Å². The van der Waals surface area contributed by atoms with Gasteiger partial charge >= 0.3 is 5.76 Å². The summed E-state index contributed by atoms with van der Waals surface area (Å²) >= 11 is 0. The summed E-state index contributed by atoms with van der Waals surface area (Å²) in [6.07, 6.45) is 5.69. The lowest BCUT2D eigenvalue weighted by atomic mass is 9.79. The highest BCUT2D eigenvalue weighted by Gasteiger charge is 2.37. The molecule has 1 saturated heterocycles. The predicted octanol–water partition coefficient (Wildman–Crippen LogP) is 1.56. The number of nitrogens with zero attached hydrogens (tertiary/aromatic N) is 1. The zero-order valence-electron chi connectivity index (χ0n) is 10.4. The summed E-state index contributed by atoms with van der Waals surface area (Å²) in [7, 11) is 0. The van der Waals surface area contributed by atoms with Gasteiger partial charge in [-0.3, -0.25) is 9.88 Å². The fourth-order valence-corrected chi connectivity index (χ4v) is 3.49. The number of nitrogens with one attached hydrogen (secondary N) is 1. The Balaban J connectivity index is 1.85. The molecule has 0 spiro atoms. The number of H-pyrrole nitrogens is 1. The standard InChI is InChI=1S/C13H20N2O2/c1-2-5-15-6-3-4-9-7-10-12(8-11(9)15)17-13(16)14-10/h9,11H,2-8H2,1H3,(H,14,16). The molecule has 0 bridgehead atoms. The van der Waals surface area contributed by atoms with Crippen LogP contribution in [0, 0.1) is 5.92 Å². The van der Waals surface area contributed by atoms with Gasteiger partial charge in [0.15, 0.2) is 0 Å². The van der Waals surface area contributed by atoms with E-state index in [4.69, 9.17) is 4.42 Å². The summed E-state index contributed by atoms with van der Waals surface area (Å²) in [4.78, 5) is 16.7. The van der Waals surface area contributed by atoms with Crippen LogP contribution in [0.15, 0.2) is 9.21 Å². The Morgan fingerprint density at radius 1 is 1.47 bits per heavy atom. The van der Waals surface area contributed by atoms with Crippen molar-refractivity contribution in [3.63, 3.8) is 0 Å². The van der Waals surface area contributed by atoms with Crippen molar-refractivity contribution < 1.29 is 4.42 Å². The lowest BCUT2D eigenvalue weighted by Gasteiger charge is -2.43. The van der Waals surface area contributed by atoms with Gasteiger partial charge < -0.3 is 4.42 Å². The maximum absolute atomic E-state index is 11.2. The van der Waals surface area contributed by atoms with E-state index in [2.05, 4.69) is 16.8 Å². The quantitative estimate of drug-likeness (QED) is 0.847. The first-order chi connectivity index (χ1) is 8.28. The molecule has 2 heterocycles. The Labute approximate surface area is 101 Å². The van der Waals surface area contributed by atoms with Crippen LogP contribution in [0.5, 0.6) is 0 Å². The van der Waals surface area contributed by atoms with Crippen LogP contribution in [0.4, 0.5) is 0 Å². The number of oxazole rings is 1. The van der Waals surface area contributed by atoms with Gasteiger partial charge in [-0.1, -0.05) is 6.92 Å². The number of piperidine rings is 1. The van der Waals surface area contributed by atoms with Crippen LogP contribution in [-0.2, 0) is 12.8 Å². The minimum Gasteiger partial charge on any atom is -0.413 e. The fourth-order valence-electron chi connectivity index (χ4n) is 3.49. The van der Waals surface area contributed by atoms with Crippen LogP contribution in [0.1, 0.15) is 37.6 Å². The van der Waals surface area contributed by atoms with E-state index >= 15 is 0 Å². The zero-order valence-corrected chi connectivity index (χ0v) is 10.4. The summed E-state index contributed by atoms with van der Waals surface area (Å²) in [6.45, 7) is 4.61. The SMILES string of the molecule is CCCN1CCCC2Cc3[nH]c(=O)oc3CC21. The third-order valence-corrected chi connectivity index (χ3v) is 4.21. The Kier molecular flexibility index (Phi) is 2.82. The monoisotopic (exact) mass is 236 g/mol.